The van der Waals surface area contributed by atoms with Gasteiger partial charge in [-0.2, -0.15) is 11.3 Å². The van der Waals surface area contributed by atoms with Crippen LogP contribution in [0.4, 0.5) is 0 Å². The van der Waals surface area contributed by atoms with E-state index < -0.39 is 0 Å². The van der Waals surface area contributed by atoms with Gasteiger partial charge in [0.2, 0.25) is 5.91 Å². The van der Waals surface area contributed by atoms with Crippen LogP contribution in [0.5, 0.6) is 0 Å². The van der Waals surface area contributed by atoms with Crippen LogP contribution < -0.4 is 5.32 Å². The van der Waals surface area contributed by atoms with Gasteiger partial charge in [0.1, 0.15) is 0 Å². The van der Waals surface area contributed by atoms with Crippen LogP contribution in [0.1, 0.15) is 22.7 Å². The number of carbonyl (C=O) groups is 1. The third kappa shape index (κ3) is 2.60. The molecule has 3 heteroatoms. The van der Waals surface area contributed by atoms with Crippen LogP contribution in [-0.4, -0.2) is 5.91 Å². The van der Waals surface area contributed by atoms with Crippen LogP contribution in [0.15, 0.2) is 71.4 Å². The van der Waals surface area contributed by atoms with Crippen molar-refractivity contribution in [3.8, 4) is 11.1 Å². The summed E-state index contributed by atoms with van der Waals surface area (Å²) in [5.41, 5.74) is 5.78. The summed E-state index contributed by atoms with van der Waals surface area (Å²) in [5, 5.41) is 7.15. The molecule has 0 saturated carbocycles. The second kappa shape index (κ2) is 5.86. The van der Waals surface area contributed by atoms with E-state index >= 15 is 0 Å². The molecule has 1 aromatic heterocycles. The summed E-state index contributed by atoms with van der Waals surface area (Å²) in [6, 6.07) is 18.4. The summed E-state index contributed by atoms with van der Waals surface area (Å²) in [4.78, 5) is 12.3. The lowest BCUT2D eigenvalue weighted by Gasteiger charge is -2.14. The number of benzene rings is 2. The monoisotopic (exact) mass is 317 g/mol. The normalized spacial score (nSPS) is 13.0. The molecule has 23 heavy (non-hydrogen) atoms. The molecule has 0 unspecified atom stereocenters. The smallest absolute Gasteiger partial charge is 0.244 e. The van der Waals surface area contributed by atoms with Gasteiger partial charge in [0.25, 0.3) is 0 Å². The van der Waals surface area contributed by atoms with E-state index in [1.54, 1.807) is 17.4 Å². The van der Waals surface area contributed by atoms with E-state index in [0.717, 1.165) is 16.7 Å². The molecular formula is C20H15NOS. The van der Waals surface area contributed by atoms with Gasteiger partial charge in [0, 0.05) is 6.08 Å². The molecule has 0 radical (unpaired) electrons. The minimum Gasteiger partial charge on any atom is -0.342 e. The zero-order chi connectivity index (χ0) is 15.6. The first kappa shape index (κ1) is 14.0. The fourth-order valence-electron chi connectivity index (χ4n) is 3.04. The zero-order valence-electron chi connectivity index (χ0n) is 12.4. The predicted octanol–water partition coefficient (Wildman–Crippen LogP) is 4.65. The Labute approximate surface area is 139 Å². The maximum atomic E-state index is 12.3. The second-order valence-electron chi connectivity index (χ2n) is 5.51. The largest absolute Gasteiger partial charge is 0.342 e. The van der Waals surface area contributed by atoms with Gasteiger partial charge in [-0.25, -0.2) is 0 Å². The Balaban J connectivity index is 1.63. The maximum absolute atomic E-state index is 12.3. The number of carbonyl (C=O) groups excluding carboxylic acids is 1. The highest BCUT2D eigenvalue weighted by atomic mass is 32.1. The van der Waals surface area contributed by atoms with Gasteiger partial charge in [0.05, 0.1) is 6.04 Å². The number of nitrogens with one attached hydrogen (secondary N) is 1. The average Bonchev–Trinajstić information content (AvgIpc) is 3.21. The quantitative estimate of drug-likeness (QED) is 0.700. The van der Waals surface area contributed by atoms with E-state index in [0.29, 0.717) is 0 Å². The van der Waals surface area contributed by atoms with Crippen LogP contribution in [0, 0.1) is 0 Å². The number of hydrogen-bond acceptors (Lipinski definition) is 2. The molecule has 4 rings (SSSR count). The van der Waals surface area contributed by atoms with Crippen molar-refractivity contribution in [3.05, 3.63) is 88.1 Å². The molecule has 1 aliphatic carbocycles. The fraction of sp³-hybridized carbons (Fsp3) is 0.0500. The molecule has 0 aliphatic heterocycles. The van der Waals surface area contributed by atoms with Crippen molar-refractivity contribution in [2.75, 3.05) is 0 Å². The van der Waals surface area contributed by atoms with Crippen molar-refractivity contribution >= 4 is 23.3 Å². The first-order chi connectivity index (χ1) is 11.3. The van der Waals surface area contributed by atoms with Crippen molar-refractivity contribution in [1.29, 1.82) is 0 Å². The van der Waals surface area contributed by atoms with Gasteiger partial charge in [-0.15, -0.1) is 0 Å². The molecule has 1 aliphatic rings. The van der Waals surface area contributed by atoms with E-state index in [1.165, 1.54) is 11.1 Å². The number of rotatable bonds is 3. The van der Waals surface area contributed by atoms with Crippen LogP contribution in [0.25, 0.3) is 17.2 Å². The Hall–Kier alpha value is -2.65. The molecule has 3 aromatic rings. The predicted molar refractivity (Wildman–Crippen MR) is 95.2 cm³/mol. The van der Waals surface area contributed by atoms with Crippen molar-refractivity contribution < 1.29 is 4.79 Å². The third-order valence-electron chi connectivity index (χ3n) is 4.09. The van der Waals surface area contributed by atoms with Gasteiger partial charge >= 0.3 is 0 Å². The second-order valence-corrected chi connectivity index (χ2v) is 6.29. The number of fused-ring (bicyclic) bond motifs is 3. The summed E-state index contributed by atoms with van der Waals surface area (Å²) in [6.45, 7) is 0. The molecule has 0 atom stereocenters. The van der Waals surface area contributed by atoms with E-state index in [1.807, 2.05) is 47.2 Å². The van der Waals surface area contributed by atoms with Gasteiger partial charge in [-0.05, 0) is 50.7 Å². The minimum atomic E-state index is -0.0815. The Morgan fingerprint density at radius 1 is 0.957 bits per heavy atom. The van der Waals surface area contributed by atoms with Crippen molar-refractivity contribution in [1.82, 2.24) is 5.32 Å². The number of hydrogen-bond donors (Lipinski definition) is 1. The van der Waals surface area contributed by atoms with E-state index in [2.05, 4.69) is 29.6 Å². The molecule has 0 saturated heterocycles. The molecule has 0 fully saturated rings. The molecule has 1 amide bonds. The highest BCUT2D eigenvalue weighted by Crippen LogP contribution is 2.42. The maximum Gasteiger partial charge on any atom is 0.244 e. The van der Waals surface area contributed by atoms with E-state index in [9.17, 15) is 4.79 Å². The topological polar surface area (TPSA) is 29.1 Å². The molecule has 112 valence electrons. The molecule has 2 aromatic carbocycles. The lowest BCUT2D eigenvalue weighted by molar-refractivity contribution is -0.116. The lowest BCUT2D eigenvalue weighted by Crippen LogP contribution is -2.26. The van der Waals surface area contributed by atoms with Crippen LogP contribution in [0.3, 0.4) is 0 Å². The Bertz CT molecular complexity index is 835. The van der Waals surface area contributed by atoms with Crippen LogP contribution in [0.2, 0.25) is 0 Å². The van der Waals surface area contributed by atoms with Gasteiger partial charge < -0.3 is 5.32 Å². The first-order valence-electron chi connectivity index (χ1n) is 7.52. The molecular weight excluding hydrogens is 302 g/mol. The fourth-order valence-corrected chi connectivity index (χ4v) is 3.67. The van der Waals surface area contributed by atoms with E-state index in [-0.39, 0.29) is 11.9 Å². The van der Waals surface area contributed by atoms with Crippen molar-refractivity contribution in [3.63, 3.8) is 0 Å². The standard InChI is InChI=1S/C20H15NOS/c22-19(10-9-14-11-12-23-13-14)21-20-17-7-3-1-5-15(17)16-6-2-4-8-18(16)20/h1-13,20H,(H,21,22)/b10-9+. The van der Waals surface area contributed by atoms with Gasteiger partial charge in [-0.3, -0.25) is 4.79 Å². The Morgan fingerprint density at radius 2 is 1.61 bits per heavy atom. The van der Waals surface area contributed by atoms with Crippen molar-refractivity contribution in [2.24, 2.45) is 0 Å². The van der Waals surface area contributed by atoms with Crippen molar-refractivity contribution in [2.45, 2.75) is 6.04 Å². The average molecular weight is 317 g/mol. The Kier molecular flexibility index (Phi) is 3.56. The molecule has 0 spiro atoms. The zero-order valence-corrected chi connectivity index (χ0v) is 13.2. The summed E-state index contributed by atoms with van der Waals surface area (Å²) >= 11 is 1.62. The molecule has 2 nitrogen and oxygen atoms in total. The first-order valence-corrected chi connectivity index (χ1v) is 8.46. The number of thiophene rings is 1. The Morgan fingerprint density at radius 3 is 2.22 bits per heavy atom. The van der Waals surface area contributed by atoms with Crippen LogP contribution >= 0.6 is 11.3 Å². The highest BCUT2D eigenvalue weighted by Gasteiger charge is 2.28. The summed E-state index contributed by atoms with van der Waals surface area (Å²) < 4.78 is 0. The summed E-state index contributed by atoms with van der Waals surface area (Å²) in [6.07, 6.45) is 3.45. The molecule has 1 heterocycles. The number of amides is 1. The van der Waals surface area contributed by atoms with Gasteiger partial charge in [-0.1, -0.05) is 48.5 Å². The third-order valence-corrected chi connectivity index (χ3v) is 4.79. The SMILES string of the molecule is O=C(/C=C/c1ccsc1)NC1c2ccccc2-c2ccccc21. The van der Waals surface area contributed by atoms with Crippen LogP contribution in [-0.2, 0) is 4.79 Å². The lowest BCUT2D eigenvalue weighted by atomic mass is 10.1. The van der Waals surface area contributed by atoms with Gasteiger partial charge in [0.15, 0.2) is 0 Å². The summed E-state index contributed by atoms with van der Waals surface area (Å²) in [7, 11) is 0. The van der Waals surface area contributed by atoms with E-state index in [4.69, 9.17) is 0 Å². The molecule has 1 N–H and O–H groups in total. The highest BCUT2D eigenvalue weighted by molar-refractivity contribution is 7.08. The summed E-state index contributed by atoms with van der Waals surface area (Å²) in [5.74, 6) is -0.0762. The molecule has 0 bridgehead atoms. The minimum absolute atomic E-state index is 0.0762.